The van der Waals surface area contributed by atoms with E-state index in [4.69, 9.17) is 14.2 Å². The normalized spacial score (nSPS) is 17.8. The molecule has 218 valence electrons. The molecule has 3 aromatic carbocycles. The minimum absolute atomic E-state index is 0.112. The van der Waals surface area contributed by atoms with Gasteiger partial charge in [0, 0.05) is 13.1 Å². The molecule has 0 saturated carbocycles. The number of sulfonamides is 2. The standard InChI is InChI=1S/C28H31N3O8S2/c32-28(29-14-17-38-23-10-12-24(13-11-23)41(35,36)30-15-18-37-19-16-30)27-20-31(25-8-4-5-9-26(25)39-27)40(33,34)21-22-6-2-1-3-7-22/h1-13,27H,14-21H2,(H,29,32)/t27-/m0/s1. The molecule has 41 heavy (non-hydrogen) atoms. The summed E-state index contributed by atoms with van der Waals surface area (Å²) in [5.41, 5.74) is 1.02. The van der Waals surface area contributed by atoms with Gasteiger partial charge in [0.05, 0.1) is 42.6 Å². The summed E-state index contributed by atoms with van der Waals surface area (Å²) in [4.78, 5) is 13.1. The molecule has 0 aromatic heterocycles. The molecule has 1 fully saturated rings. The van der Waals surface area contributed by atoms with Crippen molar-refractivity contribution < 1.29 is 35.8 Å². The molecule has 11 nitrogen and oxygen atoms in total. The van der Waals surface area contributed by atoms with E-state index in [0.717, 1.165) is 0 Å². The molecular weight excluding hydrogens is 570 g/mol. The maximum Gasteiger partial charge on any atom is 0.263 e. The summed E-state index contributed by atoms with van der Waals surface area (Å²) < 4.78 is 71.6. The zero-order valence-corrected chi connectivity index (χ0v) is 23.8. The minimum atomic E-state index is -3.80. The highest BCUT2D eigenvalue weighted by Crippen LogP contribution is 2.35. The smallest absolute Gasteiger partial charge is 0.263 e. The van der Waals surface area contributed by atoms with Crippen LogP contribution in [-0.2, 0) is 35.3 Å². The second kappa shape index (κ2) is 12.5. The third-order valence-corrected chi connectivity index (χ3v) is 10.3. The predicted molar refractivity (Wildman–Crippen MR) is 152 cm³/mol. The fraction of sp³-hybridized carbons (Fsp3) is 0.321. The first-order valence-corrected chi connectivity index (χ1v) is 16.2. The number of fused-ring (bicyclic) bond motifs is 1. The largest absolute Gasteiger partial charge is 0.492 e. The SMILES string of the molecule is O=C(NCCOc1ccc(S(=O)(=O)N2CCOCC2)cc1)[C@@H]1CN(S(=O)(=O)Cc2ccccc2)c2ccccc2O1. The molecule has 0 bridgehead atoms. The Labute approximate surface area is 239 Å². The van der Waals surface area contributed by atoms with Crippen LogP contribution in [0.4, 0.5) is 5.69 Å². The molecule has 0 aliphatic carbocycles. The number of anilines is 1. The topological polar surface area (TPSA) is 132 Å². The van der Waals surface area contributed by atoms with Crippen LogP contribution in [0.3, 0.4) is 0 Å². The Hall–Kier alpha value is -3.65. The summed E-state index contributed by atoms with van der Waals surface area (Å²) in [6.07, 6.45) is -1.06. The summed E-state index contributed by atoms with van der Waals surface area (Å²) >= 11 is 0. The lowest BCUT2D eigenvalue weighted by molar-refractivity contribution is -0.127. The van der Waals surface area contributed by atoms with Crippen LogP contribution in [0.25, 0.3) is 0 Å². The van der Waals surface area contributed by atoms with Crippen LogP contribution in [0.15, 0.2) is 83.8 Å². The predicted octanol–water partition coefficient (Wildman–Crippen LogP) is 2.00. The maximum absolute atomic E-state index is 13.4. The first kappa shape index (κ1) is 28.9. The van der Waals surface area contributed by atoms with Crippen LogP contribution < -0.4 is 19.1 Å². The fourth-order valence-corrected chi connectivity index (χ4v) is 7.56. The van der Waals surface area contributed by atoms with Crippen LogP contribution in [0.5, 0.6) is 11.5 Å². The summed E-state index contributed by atoms with van der Waals surface area (Å²) in [5.74, 6) is 0.0618. The Balaban J connectivity index is 1.16. The van der Waals surface area contributed by atoms with Gasteiger partial charge in [-0.1, -0.05) is 42.5 Å². The number of rotatable bonds is 10. The lowest BCUT2D eigenvalue weighted by Gasteiger charge is -2.34. The van der Waals surface area contributed by atoms with Gasteiger partial charge in [0.25, 0.3) is 5.91 Å². The van der Waals surface area contributed by atoms with E-state index >= 15 is 0 Å². The number of carbonyl (C=O) groups excluding carboxylic acids is 1. The summed E-state index contributed by atoms with van der Waals surface area (Å²) in [7, 11) is -7.40. The van der Waals surface area contributed by atoms with E-state index in [9.17, 15) is 21.6 Å². The average molecular weight is 602 g/mol. The van der Waals surface area contributed by atoms with Crippen molar-refractivity contribution >= 4 is 31.6 Å². The molecule has 1 N–H and O–H groups in total. The highest BCUT2D eigenvalue weighted by molar-refractivity contribution is 7.92. The third-order valence-electron chi connectivity index (χ3n) is 6.66. The molecule has 0 unspecified atom stereocenters. The van der Waals surface area contributed by atoms with Crippen molar-refractivity contribution in [2.24, 2.45) is 0 Å². The van der Waals surface area contributed by atoms with Crippen molar-refractivity contribution in [1.82, 2.24) is 9.62 Å². The Morgan fingerprint density at radius 3 is 2.32 bits per heavy atom. The van der Waals surface area contributed by atoms with Crippen molar-refractivity contribution in [2.45, 2.75) is 16.8 Å². The lowest BCUT2D eigenvalue weighted by Crippen LogP contribution is -2.51. The van der Waals surface area contributed by atoms with Crippen LogP contribution >= 0.6 is 0 Å². The van der Waals surface area contributed by atoms with Crippen molar-refractivity contribution in [1.29, 1.82) is 0 Å². The van der Waals surface area contributed by atoms with Crippen LogP contribution in [0.1, 0.15) is 5.56 Å². The molecule has 2 heterocycles. The Bertz CT molecular complexity index is 1560. The van der Waals surface area contributed by atoms with Crippen LogP contribution in [0, 0.1) is 0 Å². The second-order valence-corrected chi connectivity index (χ2v) is 13.3. The van der Waals surface area contributed by atoms with E-state index < -0.39 is 32.1 Å². The lowest BCUT2D eigenvalue weighted by atomic mass is 10.2. The molecule has 5 rings (SSSR count). The summed E-state index contributed by atoms with van der Waals surface area (Å²) in [6, 6.07) is 21.7. The van der Waals surface area contributed by atoms with Crippen LogP contribution in [-0.4, -0.2) is 79.2 Å². The number of morpholine rings is 1. The first-order chi connectivity index (χ1) is 19.7. The van der Waals surface area contributed by atoms with Gasteiger partial charge in [0.1, 0.15) is 18.1 Å². The molecule has 0 spiro atoms. The number of amides is 1. The van der Waals surface area contributed by atoms with Gasteiger partial charge in [-0.25, -0.2) is 16.8 Å². The Morgan fingerprint density at radius 2 is 1.59 bits per heavy atom. The van der Waals surface area contributed by atoms with Crippen molar-refractivity contribution in [3.8, 4) is 11.5 Å². The number of hydrogen-bond acceptors (Lipinski definition) is 8. The zero-order valence-electron chi connectivity index (χ0n) is 22.2. The number of ether oxygens (including phenoxy) is 3. The second-order valence-electron chi connectivity index (χ2n) is 9.47. The molecular formula is C28H31N3O8S2. The van der Waals surface area contributed by atoms with Gasteiger partial charge in [-0.2, -0.15) is 4.31 Å². The van der Waals surface area contributed by atoms with E-state index in [1.165, 1.54) is 20.7 Å². The molecule has 1 saturated heterocycles. The van der Waals surface area contributed by atoms with Gasteiger partial charge < -0.3 is 19.5 Å². The first-order valence-electron chi connectivity index (χ1n) is 13.1. The average Bonchev–Trinajstić information content (AvgIpc) is 2.99. The van der Waals surface area contributed by atoms with Gasteiger partial charge in [0.2, 0.25) is 20.0 Å². The molecule has 1 amide bonds. The molecule has 13 heteroatoms. The Morgan fingerprint density at radius 1 is 0.902 bits per heavy atom. The van der Waals surface area contributed by atoms with Crippen LogP contribution in [0.2, 0.25) is 0 Å². The highest BCUT2D eigenvalue weighted by Gasteiger charge is 2.36. The minimum Gasteiger partial charge on any atom is -0.492 e. The van der Waals surface area contributed by atoms with E-state index in [2.05, 4.69) is 5.32 Å². The maximum atomic E-state index is 13.4. The Kier molecular flexibility index (Phi) is 8.78. The number of nitrogens with zero attached hydrogens (tertiary/aromatic N) is 2. The summed E-state index contributed by atoms with van der Waals surface area (Å²) in [6.45, 7) is 1.43. The number of para-hydroxylation sites is 2. The number of carbonyl (C=O) groups is 1. The molecule has 2 aliphatic heterocycles. The number of hydrogen-bond donors (Lipinski definition) is 1. The molecule has 2 aliphatic rings. The van der Waals surface area contributed by atoms with Crippen molar-refractivity contribution in [2.75, 3.05) is 50.3 Å². The van der Waals surface area contributed by atoms with E-state index in [0.29, 0.717) is 49.1 Å². The monoisotopic (exact) mass is 601 g/mol. The highest BCUT2D eigenvalue weighted by atomic mass is 32.2. The van der Waals surface area contributed by atoms with Crippen molar-refractivity contribution in [3.63, 3.8) is 0 Å². The van der Waals surface area contributed by atoms with Gasteiger partial charge >= 0.3 is 0 Å². The van der Waals surface area contributed by atoms with E-state index in [-0.39, 0.29) is 30.3 Å². The molecule has 3 aromatic rings. The molecule has 1 atom stereocenters. The number of nitrogens with one attached hydrogen (secondary N) is 1. The van der Waals surface area contributed by atoms with E-state index in [1.807, 2.05) is 6.07 Å². The van der Waals surface area contributed by atoms with Crippen molar-refractivity contribution in [3.05, 3.63) is 84.4 Å². The number of benzene rings is 3. The molecule has 0 radical (unpaired) electrons. The summed E-state index contributed by atoms with van der Waals surface area (Å²) in [5, 5.41) is 2.73. The quantitative estimate of drug-likeness (QED) is 0.349. The van der Waals surface area contributed by atoms with Gasteiger partial charge in [-0.05, 0) is 42.0 Å². The van der Waals surface area contributed by atoms with Gasteiger partial charge in [-0.15, -0.1) is 0 Å². The third kappa shape index (κ3) is 6.81. The zero-order chi connectivity index (χ0) is 28.9. The fourth-order valence-electron chi connectivity index (χ4n) is 4.57. The van der Waals surface area contributed by atoms with E-state index in [1.54, 1.807) is 60.7 Å². The van der Waals surface area contributed by atoms with Gasteiger partial charge in [0.15, 0.2) is 6.10 Å². The van der Waals surface area contributed by atoms with Gasteiger partial charge in [-0.3, -0.25) is 9.10 Å².